The van der Waals surface area contributed by atoms with E-state index >= 15 is 0 Å². The van der Waals surface area contributed by atoms with Crippen LogP contribution in [-0.4, -0.2) is 39.8 Å². The highest BCUT2D eigenvalue weighted by atomic mass is 16.7. The summed E-state index contributed by atoms with van der Waals surface area (Å²) in [6, 6.07) is 22.4. The highest BCUT2D eigenvalue weighted by Gasteiger charge is 2.20. The molecule has 8 heteroatoms. The highest BCUT2D eigenvalue weighted by Crippen LogP contribution is 2.31. The van der Waals surface area contributed by atoms with Gasteiger partial charge in [0.2, 0.25) is 5.91 Å². The Labute approximate surface area is 272 Å². The first kappa shape index (κ1) is 33.0. The van der Waals surface area contributed by atoms with Crippen molar-refractivity contribution in [3.8, 4) is 16.9 Å². The van der Waals surface area contributed by atoms with Gasteiger partial charge in [0, 0.05) is 43.2 Å². The van der Waals surface area contributed by atoms with Crippen molar-refractivity contribution in [1.29, 1.82) is 0 Å². The summed E-state index contributed by atoms with van der Waals surface area (Å²) in [5.41, 5.74) is 5.30. The Morgan fingerprint density at radius 3 is 2.48 bits per heavy atom. The molecule has 2 N–H and O–H groups in total. The molecule has 0 saturated heterocycles. The van der Waals surface area contributed by atoms with Crippen LogP contribution in [0, 0.1) is 0 Å². The first-order valence-electron chi connectivity index (χ1n) is 16.8. The summed E-state index contributed by atoms with van der Waals surface area (Å²) in [6.45, 7) is 8.90. The van der Waals surface area contributed by atoms with E-state index in [2.05, 4.69) is 58.5 Å². The zero-order valence-electron chi connectivity index (χ0n) is 27.7. The van der Waals surface area contributed by atoms with Crippen molar-refractivity contribution in [3.63, 3.8) is 0 Å². The molecule has 1 amide bonds. The maximum absolute atomic E-state index is 12.5. The largest absolute Gasteiger partial charge is 0.514 e. The molecule has 1 fully saturated rings. The molecule has 1 aliphatic rings. The fraction of sp³-hybridized carbons (Fsp3) is 0.447. The number of ether oxygens (including phenoxy) is 2. The van der Waals surface area contributed by atoms with E-state index < -0.39 is 11.8 Å². The second-order valence-corrected chi connectivity index (χ2v) is 13.3. The monoisotopic (exact) mass is 624 g/mol. The van der Waals surface area contributed by atoms with Crippen molar-refractivity contribution in [2.75, 3.05) is 11.9 Å². The van der Waals surface area contributed by atoms with Gasteiger partial charge in [-0.25, -0.2) is 9.78 Å². The molecule has 1 aliphatic carbocycles. The van der Waals surface area contributed by atoms with Crippen LogP contribution in [0.15, 0.2) is 66.7 Å². The molecule has 0 radical (unpaired) electrons. The number of anilines is 1. The molecule has 0 unspecified atom stereocenters. The number of imidazole rings is 1. The molecule has 5 rings (SSSR count). The third kappa shape index (κ3) is 9.12. The zero-order chi connectivity index (χ0) is 32.5. The van der Waals surface area contributed by atoms with E-state index in [0.29, 0.717) is 31.3 Å². The molecule has 0 spiro atoms. The number of hydrogen-bond donors (Lipinski definition) is 2. The van der Waals surface area contributed by atoms with Gasteiger partial charge in [-0.15, -0.1) is 0 Å². The Kier molecular flexibility index (Phi) is 11.0. The molecule has 3 aromatic carbocycles. The number of para-hydroxylation sites is 1. The molecule has 0 atom stereocenters. The number of carbonyl (C=O) groups is 2. The number of rotatable bonds is 12. The van der Waals surface area contributed by atoms with Crippen LogP contribution in [0.5, 0.6) is 5.75 Å². The predicted octanol–water partition coefficient (Wildman–Crippen LogP) is 8.66. The summed E-state index contributed by atoms with van der Waals surface area (Å²) in [5, 5.41) is 6.67. The van der Waals surface area contributed by atoms with Crippen molar-refractivity contribution in [2.24, 2.45) is 0 Å². The lowest BCUT2D eigenvalue weighted by Crippen LogP contribution is -2.36. The minimum Gasteiger partial charge on any atom is -0.428 e. The number of benzene rings is 3. The molecule has 46 heavy (non-hydrogen) atoms. The van der Waals surface area contributed by atoms with E-state index in [0.717, 1.165) is 71.3 Å². The molecule has 1 saturated carbocycles. The number of amides is 1. The predicted molar refractivity (Wildman–Crippen MR) is 184 cm³/mol. The second kappa shape index (κ2) is 15.3. The van der Waals surface area contributed by atoms with E-state index in [1.807, 2.05) is 45.0 Å². The van der Waals surface area contributed by atoms with E-state index in [9.17, 15) is 9.59 Å². The third-order valence-electron chi connectivity index (χ3n) is 8.31. The summed E-state index contributed by atoms with van der Waals surface area (Å²) < 4.78 is 13.2. The molecule has 1 heterocycles. The first-order chi connectivity index (χ1) is 22.2. The van der Waals surface area contributed by atoms with Gasteiger partial charge in [0.05, 0.1) is 11.0 Å². The number of unbranched alkanes of at least 4 members (excludes halogenated alkanes) is 1. The minimum absolute atomic E-state index is 0.120. The average Bonchev–Trinajstić information content (AvgIpc) is 3.36. The quantitative estimate of drug-likeness (QED) is 0.121. The summed E-state index contributed by atoms with van der Waals surface area (Å²) in [7, 11) is 0. The molecular weight excluding hydrogens is 576 g/mol. The van der Waals surface area contributed by atoms with Crippen molar-refractivity contribution in [3.05, 3.63) is 78.1 Å². The molecule has 0 bridgehead atoms. The fourth-order valence-electron chi connectivity index (χ4n) is 5.98. The number of hydrogen-bond acceptors (Lipinski definition) is 6. The SMILES string of the molecule is CCCCc1nc2ccc(NCCC(=O)NC3CCCCC3)cc2n1Cc1ccc(-c2ccccc2OC(=O)OC(C)(C)C)cc1. The van der Waals surface area contributed by atoms with E-state index in [1.54, 1.807) is 6.07 Å². The van der Waals surface area contributed by atoms with Gasteiger partial charge >= 0.3 is 6.16 Å². The molecule has 8 nitrogen and oxygen atoms in total. The summed E-state index contributed by atoms with van der Waals surface area (Å²) >= 11 is 0. The number of fused-ring (bicyclic) bond motifs is 1. The maximum atomic E-state index is 12.5. The van der Waals surface area contributed by atoms with Crippen molar-refractivity contribution < 1.29 is 19.1 Å². The van der Waals surface area contributed by atoms with Crippen LogP contribution >= 0.6 is 0 Å². The van der Waals surface area contributed by atoms with E-state index in [1.165, 1.54) is 19.3 Å². The van der Waals surface area contributed by atoms with Crippen molar-refractivity contribution >= 4 is 28.8 Å². The number of aryl methyl sites for hydroxylation is 1. The Bertz CT molecular complexity index is 1610. The lowest BCUT2D eigenvalue weighted by Gasteiger charge is -2.22. The molecule has 0 aliphatic heterocycles. The molecular formula is C38H48N4O4. The number of nitrogens with zero attached hydrogens (tertiary/aromatic N) is 2. The maximum Gasteiger partial charge on any atom is 0.514 e. The van der Waals surface area contributed by atoms with Gasteiger partial charge in [-0.1, -0.05) is 75.1 Å². The zero-order valence-corrected chi connectivity index (χ0v) is 27.7. The van der Waals surface area contributed by atoms with Gasteiger partial charge in [0.25, 0.3) is 0 Å². The Hall–Kier alpha value is -4.33. The van der Waals surface area contributed by atoms with Crippen molar-refractivity contribution in [1.82, 2.24) is 14.9 Å². The van der Waals surface area contributed by atoms with Crippen LogP contribution in [0.25, 0.3) is 22.2 Å². The van der Waals surface area contributed by atoms with Gasteiger partial charge in [-0.05, 0) is 75.4 Å². The summed E-state index contributed by atoms with van der Waals surface area (Å²) in [6.07, 6.45) is 8.68. The van der Waals surface area contributed by atoms with Crippen LogP contribution in [-0.2, 0) is 22.5 Å². The smallest absolute Gasteiger partial charge is 0.428 e. The fourth-order valence-corrected chi connectivity index (χ4v) is 5.98. The van der Waals surface area contributed by atoms with Gasteiger partial charge in [0.1, 0.15) is 17.2 Å². The third-order valence-corrected chi connectivity index (χ3v) is 8.31. The van der Waals surface area contributed by atoms with Crippen LogP contribution in [0.1, 0.15) is 90.4 Å². The Morgan fingerprint density at radius 2 is 1.74 bits per heavy atom. The van der Waals surface area contributed by atoms with E-state index in [-0.39, 0.29) is 5.91 Å². The van der Waals surface area contributed by atoms with Gasteiger partial charge < -0.3 is 24.7 Å². The number of nitrogens with one attached hydrogen (secondary N) is 2. The van der Waals surface area contributed by atoms with Crippen LogP contribution < -0.4 is 15.4 Å². The Morgan fingerprint density at radius 1 is 0.978 bits per heavy atom. The van der Waals surface area contributed by atoms with E-state index in [4.69, 9.17) is 14.5 Å². The lowest BCUT2D eigenvalue weighted by molar-refractivity contribution is -0.121. The van der Waals surface area contributed by atoms with Gasteiger partial charge in [-0.3, -0.25) is 4.79 Å². The molecule has 4 aromatic rings. The number of aromatic nitrogens is 2. The highest BCUT2D eigenvalue weighted by molar-refractivity contribution is 5.81. The minimum atomic E-state index is -0.722. The van der Waals surface area contributed by atoms with Crippen LogP contribution in [0.3, 0.4) is 0 Å². The Balaban J connectivity index is 1.29. The second-order valence-electron chi connectivity index (χ2n) is 13.3. The topological polar surface area (TPSA) is 94.5 Å². The standard InChI is InChI=1S/C38H48N4O4/c1-5-6-16-35-41-32-22-21-30(39-24-23-36(43)40-29-12-8-7-9-13-29)25-33(32)42(35)26-27-17-19-28(20-18-27)31-14-10-11-15-34(31)45-37(44)46-38(2,3)4/h10-11,14-15,17-22,25,29,39H,5-9,12-13,16,23-24,26H2,1-4H3,(H,40,43). The summed E-state index contributed by atoms with van der Waals surface area (Å²) in [5.74, 6) is 1.65. The van der Waals surface area contributed by atoms with Gasteiger partial charge in [0.15, 0.2) is 0 Å². The van der Waals surface area contributed by atoms with Gasteiger partial charge in [-0.2, -0.15) is 0 Å². The lowest BCUT2D eigenvalue weighted by atomic mass is 9.95. The average molecular weight is 625 g/mol. The summed E-state index contributed by atoms with van der Waals surface area (Å²) in [4.78, 5) is 29.9. The van der Waals surface area contributed by atoms with Crippen LogP contribution in [0.4, 0.5) is 10.5 Å². The molecule has 1 aromatic heterocycles. The molecule has 244 valence electrons. The van der Waals surface area contributed by atoms with Crippen LogP contribution in [0.2, 0.25) is 0 Å². The van der Waals surface area contributed by atoms with Crippen molar-refractivity contribution in [2.45, 2.75) is 104 Å². The first-order valence-corrected chi connectivity index (χ1v) is 16.8. The number of carbonyl (C=O) groups excluding carboxylic acids is 2. The normalized spacial score (nSPS) is 13.8.